The molecule has 0 radical (unpaired) electrons. The molecule has 1 unspecified atom stereocenters. The van der Waals surface area contributed by atoms with Crippen molar-refractivity contribution in [2.24, 2.45) is 0 Å². The number of hydrogen-bond donors (Lipinski definition) is 3. The molecule has 3 N–H and O–H groups in total. The molecule has 1 fully saturated rings. The van der Waals surface area contributed by atoms with Crippen molar-refractivity contribution in [3.8, 4) is 0 Å². The molecule has 82 valence electrons. The summed E-state index contributed by atoms with van der Waals surface area (Å²) in [6, 6.07) is -0.223. The summed E-state index contributed by atoms with van der Waals surface area (Å²) in [7, 11) is 0. The zero-order valence-corrected chi connectivity index (χ0v) is 8.97. The molecule has 1 saturated carbocycles. The lowest BCUT2D eigenvalue weighted by atomic mass is 9.80. The lowest BCUT2D eigenvalue weighted by Crippen LogP contribution is -2.51. The number of nitrogens with one attached hydrogen (secondary N) is 2. The third-order valence-electron chi connectivity index (χ3n) is 2.77. The maximum absolute atomic E-state index is 11.3. The van der Waals surface area contributed by atoms with Crippen molar-refractivity contribution in [3.05, 3.63) is 0 Å². The van der Waals surface area contributed by atoms with Crippen LogP contribution in [0.1, 0.15) is 33.1 Å². The number of likely N-dealkylation sites (N-methyl/N-ethyl adjacent to an activating group) is 1. The molecule has 4 nitrogen and oxygen atoms in total. The minimum atomic E-state index is -0.555. The van der Waals surface area contributed by atoms with Gasteiger partial charge in [0.15, 0.2) is 0 Å². The molecule has 0 spiro atoms. The van der Waals surface area contributed by atoms with Crippen molar-refractivity contribution < 1.29 is 9.90 Å². The lowest BCUT2D eigenvalue weighted by Gasteiger charge is -2.37. The van der Waals surface area contributed by atoms with Crippen molar-refractivity contribution in [1.82, 2.24) is 10.6 Å². The van der Waals surface area contributed by atoms with E-state index in [9.17, 15) is 9.90 Å². The van der Waals surface area contributed by atoms with Crippen LogP contribution in [0.15, 0.2) is 0 Å². The van der Waals surface area contributed by atoms with Gasteiger partial charge in [-0.2, -0.15) is 0 Å². The second-order valence-corrected chi connectivity index (χ2v) is 4.08. The fraction of sp³-hybridized carbons (Fsp3) is 0.900. The van der Waals surface area contributed by atoms with Crippen LogP contribution in [0.4, 0.5) is 0 Å². The second kappa shape index (κ2) is 4.75. The summed E-state index contributed by atoms with van der Waals surface area (Å²) < 4.78 is 0. The maximum atomic E-state index is 11.3. The number of rotatable bonds is 5. The quantitative estimate of drug-likeness (QED) is 0.586. The molecule has 0 aromatic carbocycles. The summed E-state index contributed by atoms with van der Waals surface area (Å²) in [5.74, 6) is -0.00424. The van der Waals surface area contributed by atoms with Crippen LogP contribution in [-0.2, 0) is 4.79 Å². The van der Waals surface area contributed by atoms with Crippen LogP contribution in [0.25, 0.3) is 0 Å². The van der Waals surface area contributed by atoms with Crippen LogP contribution in [0, 0.1) is 0 Å². The summed E-state index contributed by atoms with van der Waals surface area (Å²) in [5, 5.41) is 15.6. The molecule has 0 heterocycles. The molecule has 4 heteroatoms. The average Bonchev–Trinajstić information content (AvgIpc) is 2.11. The molecule has 0 bridgehead atoms. The standard InChI is InChI=1S/C10H20N2O2/c1-3-11-9(13)8(2)12-7-10(14)5-4-6-10/h8,12,14H,3-7H2,1-2H3,(H,11,13). The first-order valence-corrected chi connectivity index (χ1v) is 5.31. The highest BCUT2D eigenvalue weighted by Gasteiger charge is 2.34. The minimum absolute atomic E-state index is 0.00424. The van der Waals surface area contributed by atoms with Gasteiger partial charge in [0.1, 0.15) is 0 Å². The van der Waals surface area contributed by atoms with Crippen LogP contribution in [0.2, 0.25) is 0 Å². The van der Waals surface area contributed by atoms with Gasteiger partial charge >= 0.3 is 0 Å². The third-order valence-corrected chi connectivity index (χ3v) is 2.77. The van der Waals surface area contributed by atoms with Gasteiger partial charge in [-0.15, -0.1) is 0 Å². The summed E-state index contributed by atoms with van der Waals surface area (Å²) >= 11 is 0. The number of amides is 1. The normalized spacial score (nSPS) is 21.1. The molecule has 1 amide bonds. The fourth-order valence-electron chi connectivity index (χ4n) is 1.52. The molecule has 1 rings (SSSR count). The fourth-order valence-corrected chi connectivity index (χ4v) is 1.52. The SMILES string of the molecule is CCNC(=O)C(C)NCC1(O)CCC1. The van der Waals surface area contributed by atoms with E-state index in [0.717, 1.165) is 19.3 Å². The van der Waals surface area contributed by atoms with E-state index in [1.165, 1.54) is 0 Å². The lowest BCUT2D eigenvalue weighted by molar-refractivity contribution is -0.123. The molecule has 0 aromatic heterocycles. The Hall–Kier alpha value is -0.610. The number of aliphatic hydroxyl groups is 1. The molecular weight excluding hydrogens is 180 g/mol. The predicted molar refractivity (Wildman–Crippen MR) is 54.9 cm³/mol. The first-order valence-electron chi connectivity index (χ1n) is 5.31. The van der Waals surface area contributed by atoms with Crippen molar-refractivity contribution in [2.45, 2.75) is 44.8 Å². The molecule has 1 atom stereocenters. The van der Waals surface area contributed by atoms with E-state index in [1.54, 1.807) is 0 Å². The van der Waals surface area contributed by atoms with E-state index >= 15 is 0 Å². The van der Waals surface area contributed by atoms with Crippen molar-refractivity contribution >= 4 is 5.91 Å². The van der Waals surface area contributed by atoms with Crippen LogP contribution < -0.4 is 10.6 Å². The van der Waals surface area contributed by atoms with Gasteiger partial charge in [0.05, 0.1) is 11.6 Å². The second-order valence-electron chi connectivity index (χ2n) is 4.08. The van der Waals surface area contributed by atoms with E-state index in [4.69, 9.17) is 0 Å². The Balaban J connectivity index is 2.20. The Morgan fingerprint density at radius 3 is 2.64 bits per heavy atom. The monoisotopic (exact) mass is 200 g/mol. The first-order chi connectivity index (χ1) is 6.57. The van der Waals surface area contributed by atoms with Crippen molar-refractivity contribution in [3.63, 3.8) is 0 Å². The number of carbonyl (C=O) groups is 1. The summed E-state index contributed by atoms with van der Waals surface area (Å²) in [6.07, 6.45) is 2.79. The Morgan fingerprint density at radius 2 is 2.21 bits per heavy atom. The highest BCUT2D eigenvalue weighted by molar-refractivity contribution is 5.81. The molecule has 0 aliphatic heterocycles. The Labute approximate surface area is 85.1 Å². The van der Waals surface area contributed by atoms with E-state index < -0.39 is 5.60 Å². The van der Waals surface area contributed by atoms with Gasteiger partial charge in [-0.05, 0) is 33.1 Å². The van der Waals surface area contributed by atoms with Gasteiger partial charge in [-0.1, -0.05) is 0 Å². The number of carbonyl (C=O) groups excluding carboxylic acids is 1. The van der Waals surface area contributed by atoms with Gasteiger partial charge in [0, 0.05) is 13.1 Å². The van der Waals surface area contributed by atoms with E-state index in [2.05, 4.69) is 10.6 Å². The molecule has 14 heavy (non-hydrogen) atoms. The first kappa shape index (κ1) is 11.5. The topological polar surface area (TPSA) is 61.4 Å². The zero-order valence-electron chi connectivity index (χ0n) is 8.97. The highest BCUT2D eigenvalue weighted by atomic mass is 16.3. The van der Waals surface area contributed by atoms with Gasteiger partial charge in [0.25, 0.3) is 0 Å². The maximum Gasteiger partial charge on any atom is 0.236 e. The van der Waals surface area contributed by atoms with Gasteiger partial charge < -0.3 is 15.7 Å². The zero-order chi connectivity index (χ0) is 10.6. The average molecular weight is 200 g/mol. The van der Waals surface area contributed by atoms with E-state index in [-0.39, 0.29) is 11.9 Å². The van der Waals surface area contributed by atoms with Crippen LogP contribution in [-0.4, -0.2) is 35.7 Å². The Morgan fingerprint density at radius 1 is 1.57 bits per heavy atom. The highest BCUT2D eigenvalue weighted by Crippen LogP contribution is 2.30. The van der Waals surface area contributed by atoms with E-state index in [0.29, 0.717) is 13.1 Å². The van der Waals surface area contributed by atoms with Gasteiger partial charge in [-0.25, -0.2) is 0 Å². The summed E-state index contributed by atoms with van der Waals surface area (Å²) in [5.41, 5.74) is -0.555. The van der Waals surface area contributed by atoms with Crippen LogP contribution in [0.3, 0.4) is 0 Å². The number of hydrogen-bond acceptors (Lipinski definition) is 3. The van der Waals surface area contributed by atoms with Crippen molar-refractivity contribution in [2.75, 3.05) is 13.1 Å². The minimum Gasteiger partial charge on any atom is -0.389 e. The van der Waals surface area contributed by atoms with Crippen LogP contribution >= 0.6 is 0 Å². The molecule has 0 saturated heterocycles. The third kappa shape index (κ3) is 2.96. The van der Waals surface area contributed by atoms with Gasteiger partial charge in [-0.3, -0.25) is 4.79 Å². The smallest absolute Gasteiger partial charge is 0.236 e. The summed E-state index contributed by atoms with van der Waals surface area (Å²) in [4.78, 5) is 11.3. The van der Waals surface area contributed by atoms with Crippen LogP contribution in [0.5, 0.6) is 0 Å². The predicted octanol–water partition coefficient (Wildman–Crippen LogP) is 0.0156. The Kier molecular flexibility index (Phi) is 3.89. The van der Waals surface area contributed by atoms with Crippen molar-refractivity contribution in [1.29, 1.82) is 0 Å². The summed E-state index contributed by atoms with van der Waals surface area (Å²) in [6.45, 7) is 4.87. The molecule has 0 aromatic rings. The molecule has 1 aliphatic rings. The van der Waals surface area contributed by atoms with Gasteiger partial charge in [0.2, 0.25) is 5.91 Å². The molecular formula is C10H20N2O2. The Bertz CT molecular complexity index is 202. The largest absolute Gasteiger partial charge is 0.389 e. The van der Waals surface area contributed by atoms with E-state index in [1.807, 2.05) is 13.8 Å². The molecule has 1 aliphatic carbocycles.